The number of nitrogens with one attached hydrogen (secondary N) is 2. The van der Waals surface area contributed by atoms with E-state index in [0.29, 0.717) is 22.9 Å². The van der Waals surface area contributed by atoms with Crippen molar-refractivity contribution in [1.29, 1.82) is 0 Å². The normalized spacial score (nSPS) is 15.5. The summed E-state index contributed by atoms with van der Waals surface area (Å²) in [6.45, 7) is 7.09. The summed E-state index contributed by atoms with van der Waals surface area (Å²) in [6, 6.07) is 9.20. The van der Waals surface area contributed by atoms with Crippen LogP contribution in [0.3, 0.4) is 0 Å². The molecule has 0 amide bonds. The van der Waals surface area contributed by atoms with Crippen LogP contribution in [0.2, 0.25) is 0 Å². The highest BCUT2D eigenvalue weighted by atomic mass is 19.1. The van der Waals surface area contributed by atoms with Gasteiger partial charge in [0.1, 0.15) is 17.5 Å². The van der Waals surface area contributed by atoms with E-state index in [-0.39, 0.29) is 11.2 Å². The van der Waals surface area contributed by atoms with Gasteiger partial charge in [-0.1, -0.05) is 0 Å². The first-order valence-electron chi connectivity index (χ1n) is 11.7. The number of piperazine rings is 1. The first-order valence-corrected chi connectivity index (χ1v) is 11.7. The van der Waals surface area contributed by atoms with E-state index in [4.69, 9.17) is 0 Å². The van der Waals surface area contributed by atoms with Gasteiger partial charge in [-0.2, -0.15) is 4.98 Å². The Balaban J connectivity index is 1.36. The lowest BCUT2D eigenvalue weighted by molar-refractivity contribution is 0.353. The zero-order valence-corrected chi connectivity index (χ0v) is 19.8. The van der Waals surface area contributed by atoms with Crippen molar-refractivity contribution < 1.29 is 8.78 Å². The van der Waals surface area contributed by atoms with Gasteiger partial charge in [-0.3, -0.25) is 9.55 Å². The predicted octanol–water partition coefficient (Wildman–Crippen LogP) is 4.57. The van der Waals surface area contributed by atoms with Crippen LogP contribution in [0.1, 0.15) is 13.8 Å². The highest BCUT2D eigenvalue weighted by Crippen LogP contribution is 2.32. The number of benzene rings is 1. The molecule has 1 fully saturated rings. The average Bonchev–Trinajstić information content (AvgIpc) is 3.17. The molecule has 5 aromatic rings. The largest absolute Gasteiger partial charge is 0.367 e. The topological polar surface area (TPSA) is 83.8 Å². The molecule has 1 aliphatic heterocycles. The number of aromatic nitrogens is 5. The zero-order chi connectivity index (χ0) is 24.9. The summed E-state index contributed by atoms with van der Waals surface area (Å²) in [4.78, 5) is 20.2. The Morgan fingerprint density at radius 2 is 1.89 bits per heavy atom. The Bertz CT molecular complexity index is 1580. The fourth-order valence-electron chi connectivity index (χ4n) is 4.73. The predicted molar refractivity (Wildman–Crippen MR) is 136 cm³/mol. The number of hydrogen-bond donors (Lipinski definition) is 2. The maximum atomic E-state index is 14.8. The second kappa shape index (κ2) is 8.49. The summed E-state index contributed by atoms with van der Waals surface area (Å²) in [5.74, 6) is -0.444. The third-order valence-corrected chi connectivity index (χ3v) is 6.39. The third-order valence-electron chi connectivity index (χ3n) is 6.39. The van der Waals surface area contributed by atoms with E-state index < -0.39 is 11.6 Å². The molecule has 0 radical (unpaired) electrons. The summed E-state index contributed by atoms with van der Waals surface area (Å²) in [5.41, 5.74) is 2.38. The standard InChI is InChI=1S/C26H24F2N8/c1-26(2)15-35(10-9-32-26)17-4-6-23(30-12-17)33-25-31-13-19-18-7-8-29-14-22(18)36(24(19)34-25)21-5-3-16(27)11-20(21)28/h3-8,11-14,32H,9-10,15H2,1-2H3,(H,30,31,33,34). The molecule has 4 aromatic heterocycles. The van der Waals surface area contributed by atoms with Gasteiger partial charge in [-0.05, 0) is 44.2 Å². The van der Waals surface area contributed by atoms with Gasteiger partial charge in [0.15, 0.2) is 5.65 Å². The molecule has 1 aromatic carbocycles. The first kappa shape index (κ1) is 22.3. The molecule has 6 rings (SSSR count). The van der Waals surface area contributed by atoms with Gasteiger partial charge in [0.2, 0.25) is 5.95 Å². The van der Waals surface area contributed by atoms with E-state index in [2.05, 4.69) is 49.3 Å². The van der Waals surface area contributed by atoms with Crippen LogP contribution < -0.4 is 15.5 Å². The van der Waals surface area contributed by atoms with Crippen LogP contribution in [0.4, 0.5) is 26.2 Å². The van der Waals surface area contributed by atoms with Crippen LogP contribution in [0.5, 0.6) is 0 Å². The molecule has 1 aliphatic rings. The van der Waals surface area contributed by atoms with Crippen molar-refractivity contribution in [3.05, 3.63) is 72.8 Å². The molecule has 182 valence electrons. The zero-order valence-electron chi connectivity index (χ0n) is 19.8. The number of nitrogens with zero attached hydrogens (tertiary/aromatic N) is 6. The van der Waals surface area contributed by atoms with Crippen molar-refractivity contribution >= 4 is 39.4 Å². The van der Waals surface area contributed by atoms with E-state index in [1.54, 1.807) is 23.2 Å². The van der Waals surface area contributed by atoms with Crippen molar-refractivity contribution in [2.75, 3.05) is 29.9 Å². The van der Waals surface area contributed by atoms with E-state index in [0.717, 1.165) is 42.2 Å². The SMILES string of the molecule is CC1(C)CN(c2ccc(Nc3ncc4c5ccncc5n(-c5ccc(F)cc5F)c4n3)nc2)CCN1. The van der Waals surface area contributed by atoms with E-state index in [1.165, 1.54) is 12.1 Å². The van der Waals surface area contributed by atoms with Crippen molar-refractivity contribution in [3.8, 4) is 5.69 Å². The number of halogens is 2. The van der Waals surface area contributed by atoms with Gasteiger partial charge in [-0.25, -0.2) is 18.7 Å². The third kappa shape index (κ3) is 3.99. The minimum absolute atomic E-state index is 0.0381. The number of rotatable bonds is 4. The molecule has 36 heavy (non-hydrogen) atoms. The van der Waals surface area contributed by atoms with Gasteiger partial charge in [-0.15, -0.1) is 0 Å². The van der Waals surface area contributed by atoms with Gasteiger partial charge in [0.05, 0.1) is 29.3 Å². The Kier molecular flexibility index (Phi) is 5.26. The lowest BCUT2D eigenvalue weighted by atomic mass is 10.0. The van der Waals surface area contributed by atoms with Crippen LogP contribution in [0.15, 0.2) is 61.2 Å². The van der Waals surface area contributed by atoms with Gasteiger partial charge >= 0.3 is 0 Å². The molecule has 0 saturated carbocycles. The quantitative estimate of drug-likeness (QED) is 0.385. The number of pyridine rings is 2. The Hall–Kier alpha value is -4.18. The van der Waals surface area contributed by atoms with Crippen LogP contribution in [0.25, 0.3) is 27.6 Å². The summed E-state index contributed by atoms with van der Waals surface area (Å²) < 4.78 is 30.0. The summed E-state index contributed by atoms with van der Waals surface area (Å²) in [7, 11) is 0. The average molecular weight is 487 g/mol. The van der Waals surface area contributed by atoms with Crippen molar-refractivity contribution in [2.45, 2.75) is 19.4 Å². The summed E-state index contributed by atoms with van der Waals surface area (Å²) in [5, 5.41) is 8.20. The van der Waals surface area contributed by atoms with E-state index >= 15 is 0 Å². The molecule has 0 spiro atoms. The second-order valence-electron chi connectivity index (χ2n) is 9.51. The lowest BCUT2D eigenvalue weighted by Crippen LogP contribution is -2.57. The molecule has 1 saturated heterocycles. The van der Waals surface area contributed by atoms with Gasteiger partial charge in [0.25, 0.3) is 0 Å². The van der Waals surface area contributed by atoms with Crippen LogP contribution in [-0.2, 0) is 0 Å². The van der Waals surface area contributed by atoms with Crippen LogP contribution in [0, 0.1) is 11.6 Å². The molecule has 8 nitrogen and oxygen atoms in total. The van der Waals surface area contributed by atoms with E-state index in [9.17, 15) is 8.78 Å². The van der Waals surface area contributed by atoms with Crippen LogP contribution >= 0.6 is 0 Å². The first-order chi connectivity index (χ1) is 17.4. The minimum atomic E-state index is -0.695. The maximum absolute atomic E-state index is 14.8. The molecular formula is C26H24F2N8. The molecule has 10 heteroatoms. The Morgan fingerprint density at radius 1 is 1.00 bits per heavy atom. The van der Waals surface area contributed by atoms with E-state index in [1.807, 2.05) is 24.4 Å². The minimum Gasteiger partial charge on any atom is -0.367 e. The van der Waals surface area contributed by atoms with Gasteiger partial charge < -0.3 is 15.5 Å². The summed E-state index contributed by atoms with van der Waals surface area (Å²) >= 11 is 0. The maximum Gasteiger partial charge on any atom is 0.230 e. The van der Waals surface area contributed by atoms with Crippen molar-refractivity contribution in [2.24, 2.45) is 0 Å². The van der Waals surface area contributed by atoms with Crippen molar-refractivity contribution in [3.63, 3.8) is 0 Å². The van der Waals surface area contributed by atoms with Gasteiger partial charge in [0, 0.05) is 54.4 Å². The highest BCUT2D eigenvalue weighted by molar-refractivity contribution is 6.07. The Labute approximate surface area is 206 Å². The highest BCUT2D eigenvalue weighted by Gasteiger charge is 2.26. The molecule has 0 aliphatic carbocycles. The second-order valence-corrected chi connectivity index (χ2v) is 9.51. The molecular weight excluding hydrogens is 462 g/mol. The van der Waals surface area contributed by atoms with Crippen molar-refractivity contribution in [1.82, 2.24) is 29.8 Å². The number of hydrogen-bond acceptors (Lipinski definition) is 7. The molecule has 0 unspecified atom stereocenters. The number of anilines is 3. The fraction of sp³-hybridized carbons (Fsp3) is 0.231. The molecule has 5 heterocycles. The Morgan fingerprint density at radius 3 is 2.67 bits per heavy atom. The smallest absolute Gasteiger partial charge is 0.230 e. The summed E-state index contributed by atoms with van der Waals surface area (Å²) in [6.07, 6.45) is 6.80. The van der Waals surface area contributed by atoms with Crippen LogP contribution in [-0.4, -0.2) is 49.7 Å². The fourth-order valence-corrected chi connectivity index (χ4v) is 4.73. The lowest BCUT2D eigenvalue weighted by Gasteiger charge is -2.40. The molecule has 0 atom stereocenters. The molecule has 2 N–H and O–H groups in total. The monoisotopic (exact) mass is 486 g/mol. The number of fused-ring (bicyclic) bond motifs is 3. The molecule has 0 bridgehead atoms.